The van der Waals surface area contributed by atoms with Gasteiger partial charge in [-0.25, -0.2) is 22.0 Å². The number of hydrogen-bond donors (Lipinski definition) is 3. The van der Waals surface area contributed by atoms with Gasteiger partial charge in [0.05, 0.1) is 11.7 Å². The van der Waals surface area contributed by atoms with Crippen LogP contribution in [0.25, 0.3) is 11.1 Å². The fraction of sp³-hybridized carbons (Fsp3) is 0.250. The Hall–Kier alpha value is -3.34. The lowest BCUT2D eigenvalue weighted by atomic mass is 9.87. The van der Waals surface area contributed by atoms with Crippen molar-refractivity contribution >= 4 is 27.9 Å². The van der Waals surface area contributed by atoms with E-state index in [-0.39, 0.29) is 22.3 Å². The molecule has 1 aliphatic heterocycles. The van der Waals surface area contributed by atoms with E-state index in [9.17, 15) is 31.6 Å². The molecule has 0 aromatic heterocycles. The lowest BCUT2D eigenvalue weighted by molar-refractivity contribution is -0.122. The van der Waals surface area contributed by atoms with E-state index in [1.807, 2.05) is 4.72 Å². The molecule has 2 fully saturated rings. The van der Waals surface area contributed by atoms with Crippen LogP contribution in [0.4, 0.5) is 13.6 Å². The zero-order chi connectivity index (χ0) is 22.1. The number of benzene rings is 2. The molecular formula is C20H15F2N3O5S. The van der Waals surface area contributed by atoms with E-state index in [0.29, 0.717) is 18.4 Å². The summed E-state index contributed by atoms with van der Waals surface area (Å²) in [6.07, 6.45) is 0.441. The maximum Gasteiger partial charge on any atom is 0.322 e. The van der Waals surface area contributed by atoms with E-state index >= 15 is 0 Å². The van der Waals surface area contributed by atoms with Crippen molar-refractivity contribution in [3.63, 3.8) is 0 Å². The third-order valence-corrected chi connectivity index (χ3v) is 7.54. The Kier molecular flexibility index (Phi) is 4.00. The summed E-state index contributed by atoms with van der Waals surface area (Å²) in [6, 6.07) is 4.85. The summed E-state index contributed by atoms with van der Waals surface area (Å²) in [7, 11) is -3.80. The van der Waals surface area contributed by atoms with Crippen LogP contribution in [0.3, 0.4) is 0 Å². The summed E-state index contributed by atoms with van der Waals surface area (Å²) < 4.78 is 54.7. The van der Waals surface area contributed by atoms with Crippen LogP contribution in [0.2, 0.25) is 0 Å². The van der Waals surface area contributed by atoms with Crippen molar-refractivity contribution in [2.24, 2.45) is 0 Å². The van der Waals surface area contributed by atoms with E-state index in [1.165, 1.54) is 6.07 Å². The van der Waals surface area contributed by atoms with Crippen molar-refractivity contribution in [3.8, 4) is 11.1 Å². The van der Waals surface area contributed by atoms with Crippen LogP contribution in [0.1, 0.15) is 29.5 Å². The maximum atomic E-state index is 14.5. The van der Waals surface area contributed by atoms with E-state index in [4.69, 9.17) is 0 Å². The molecule has 0 bridgehead atoms. The Labute approximate surface area is 175 Å². The van der Waals surface area contributed by atoms with Gasteiger partial charge in [-0.15, -0.1) is 0 Å². The van der Waals surface area contributed by atoms with E-state index < -0.39 is 56.7 Å². The van der Waals surface area contributed by atoms with E-state index in [2.05, 4.69) is 10.6 Å². The highest BCUT2D eigenvalue weighted by molar-refractivity contribution is 7.90. The number of fused-ring (bicyclic) bond motifs is 5. The number of urea groups is 1. The number of halogens is 2. The maximum absolute atomic E-state index is 14.5. The van der Waals surface area contributed by atoms with Crippen molar-refractivity contribution < 1.29 is 31.6 Å². The number of carbonyl (C=O) groups excluding carboxylic acids is 3. The zero-order valence-corrected chi connectivity index (χ0v) is 16.6. The molecule has 0 radical (unpaired) electrons. The molecule has 1 unspecified atom stereocenters. The van der Waals surface area contributed by atoms with Gasteiger partial charge in [0.15, 0.2) is 5.54 Å². The topological polar surface area (TPSA) is 121 Å². The molecule has 1 spiro atoms. The minimum Gasteiger partial charge on any atom is -0.316 e. The SMILES string of the molecule is O=C(Cc1cc(F)cc2c1-c1ccc(F)cc1C21NC(=O)NC1=O)NS(=O)(=O)C1CC1. The Balaban J connectivity index is 1.65. The van der Waals surface area contributed by atoms with Crippen LogP contribution in [-0.2, 0) is 31.6 Å². The zero-order valence-electron chi connectivity index (χ0n) is 15.8. The van der Waals surface area contributed by atoms with Gasteiger partial charge in [0.2, 0.25) is 15.9 Å². The molecule has 2 aliphatic carbocycles. The number of hydrogen-bond acceptors (Lipinski definition) is 5. The lowest BCUT2D eigenvalue weighted by Crippen LogP contribution is -2.43. The Bertz CT molecular complexity index is 1310. The average molecular weight is 447 g/mol. The molecule has 2 aromatic carbocycles. The highest BCUT2D eigenvalue weighted by Gasteiger charge is 2.55. The minimum atomic E-state index is -3.80. The first-order valence-corrected chi connectivity index (χ1v) is 11.0. The van der Waals surface area contributed by atoms with Gasteiger partial charge in [0.1, 0.15) is 11.6 Å². The van der Waals surface area contributed by atoms with E-state index in [0.717, 1.165) is 24.3 Å². The predicted molar refractivity (Wildman–Crippen MR) is 103 cm³/mol. The van der Waals surface area contributed by atoms with Crippen molar-refractivity contribution in [2.45, 2.75) is 30.1 Å². The second-order valence-electron chi connectivity index (χ2n) is 7.78. The summed E-state index contributed by atoms with van der Waals surface area (Å²) in [5.74, 6) is -3.13. The highest BCUT2D eigenvalue weighted by atomic mass is 32.2. The molecule has 11 heteroatoms. The number of carbonyl (C=O) groups is 3. The van der Waals surface area contributed by atoms with Crippen molar-refractivity contribution in [3.05, 3.63) is 58.7 Å². The number of sulfonamides is 1. The van der Waals surface area contributed by atoms with Crippen LogP contribution in [0.15, 0.2) is 30.3 Å². The first-order chi connectivity index (χ1) is 14.6. The standard InChI is InChI=1S/C20H15F2N3O5S/c21-10-1-4-13-14(7-10)20(18(27)23-19(28)24-20)15-8-11(22)5-9(17(13)15)6-16(26)25-31(29,30)12-2-3-12/h1,4-5,7-8,12H,2-3,6H2,(H,25,26)(H2,23,24,27,28). The monoisotopic (exact) mass is 447 g/mol. The summed E-state index contributed by atoms with van der Waals surface area (Å²) in [6.45, 7) is 0. The molecule has 3 aliphatic rings. The minimum absolute atomic E-state index is 0.0456. The van der Waals surface area contributed by atoms with Gasteiger partial charge >= 0.3 is 6.03 Å². The highest BCUT2D eigenvalue weighted by Crippen LogP contribution is 2.50. The average Bonchev–Trinajstić information content (AvgIpc) is 3.43. The second-order valence-corrected chi connectivity index (χ2v) is 9.74. The van der Waals surface area contributed by atoms with Crippen LogP contribution in [-0.4, -0.2) is 31.5 Å². The number of imide groups is 1. The third-order valence-electron chi connectivity index (χ3n) is 5.68. The Morgan fingerprint density at radius 2 is 1.81 bits per heavy atom. The molecule has 31 heavy (non-hydrogen) atoms. The molecule has 4 amide bonds. The lowest BCUT2D eigenvalue weighted by Gasteiger charge is -2.23. The number of nitrogens with one attached hydrogen (secondary N) is 3. The van der Waals surface area contributed by atoms with Gasteiger partial charge in [-0.2, -0.15) is 0 Å². The van der Waals surface area contributed by atoms with Crippen molar-refractivity contribution in [2.75, 3.05) is 0 Å². The van der Waals surface area contributed by atoms with Crippen molar-refractivity contribution in [1.82, 2.24) is 15.4 Å². The van der Waals surface area contributed by atoms with E-state index in [1.54, 1.807) is 0 Å². The molecule has 1 saturated carbocycles. The molecule has 1 heterocycles. The van der Waals surface area contributed by atoms with Gasteiger partial charge < -0.3 is 5.32 Å². The van der Waals surface area contributed by atoms with Crippen LogP contribution < -0.4 is 15.4 Å². The third kappa shape index (κ3) is 2.91. The number of rotatable bonds is 4. The van der Waals surface area contributed by atoms with Crippen LogP contribution in [0.5, 0.6) is 0 Å². The molecule has 5 rings (SSSR count). The van der Waals surface area contributed by atoms with Crippen molar-refractivity contribution in [1.29, 1.82) is 0 Å². The normalized spacial score (nSPS) is 21.5. The molecular weight excluding hydrogens is 432 g/mol. The smallest absolute Gasteiger partial charge is 0.316 e. The predicted octanol–water partition coefficient (Wildman–Crippen LogP) is 1.18. The van der Waals surface area contributed by atoms with Gasteiger partial charge in [-0.05, 0) is 53.8 Å². The Morgan fingerprint density at radius 3 is 2.45 bits per heavy atom. The summed E-state index contributed by atoms with van der Waals surface area (Å²) in [4.78, 5) is 37.1. The fourth-order valence-corrected chi connectivity index (χ4v) is 5.58. The molecule has 3 N–H and O–H groups in total. The largest absolute Gasteiger partial charge is 0.322 e. The van der Waals surface area contributed by atoms with Crippen LogP contribution in [0, 0.1) is 11.6 Å². The summed E-state index contributed by atoms with van der Waals surface area (Å²) >= 11 is 0. The first-order valence-electron chi connectivity index (χ1n) is 9.43. The Morgan fingerprint density at radius 1 is 1.10 bits per heavy atom. The molecule has 8 nitrogen and oxygen atoms in total. The molecule has 160 valence electrons. The van der Waals surface area contributed by atoms with Crippen LogP contribution >= 0.6 is 0 Å². The fourth-order valence-electron chi connectivity index (χ4n) is 4.27. The van der Waals surface area contributed by atoms with Gasteiger partial charge in [-0.1, -0.05) is 6.07 Å². The van der Waals surface area contributed by atoms with Gasteiger partial charge in [0.25, 0.3) is 5.91 Å². The summed E-state index contributed by atoms with van der Waals surface area (Å²) in [5, 5.41) is 3.93. The number of amides is 4. The molecule has 2 aromatic rings. The molecule has 1 atom stereocenters. The first kappa shape index (κ1) is 19.6. The van der Waals surface area contributed by atoms with Gasteiger partial charge in [-0.3, -0.25) is 19.6 Å². The second kappa shape index (κ2) is 6.33. The summed E-state index contributed by atoms with van der Waals surface area (Å²) in [5.41, 5.74) is -0.989. The quantitative estimate of drug-likeness (QED) is 0.608. The molecule has 1 saturated heterocycles. The van der Waals surface area contributed by atoms with Gasteiger partial charge in [0, 0.05) is 11.1 Å².